The lowest BCUT2D eigenvalue weighted by atomic mass is 10.0. The van der Waals surface area contributed by atoms with E-state index < -0.39 is 5.54 Å². The number of amides is 3. The lowest BCUT2D eigenvalue weighted by Crippen LogP contribution is -2.61. The van der Waals surface area contributed by atoms with E-state index in [0.717, 1.165) is 43.7 Å². The average molecular weight is 438 g/mol. The van der Waals surface area contributed by atoms with Gasteiger partial charge in [0, 0.05) is 36.9 Å². The number of hydrogen-bond donors (Lipinski definition) is 2. The molecular formula is C23H31N7O2. The van der Waals surface area contributed by atoms with Gasteiger partial charge < -0.3 is 15.1 Å². The predicted octanol–water partition coefficient (Wildman–Crippen LogP) is 2.79. The Kier molecular flexibility index (Phi) is 5.16. The minimum Gasteiger partial charge on any atom is -0.319 e. The van der Waals surface area contributed by atoms with Gasteiger partial charge >= 0.3 is 6.03 Å². The van der Waals surface area contributed by atoms with E-state index in [1.807, 2.05) is 18.7 Å². The number of pyridine rings is 1. The average Bonchev–Trinajstić information content (AvgIpc) is 3.49. The van der Waals surface area contributed by atoms with Crippen molar-refractivity contribution in [1.82, 2.24) is 29.9 Å². The first-order valence-electron chi connectivity index (χ1n) is 11.5. The Morgan fingerprint density at radius 3 is 2.88 bits per heavy atom. The molecule has 9 nitrogen and oxygen atoms in total. The molecule has 0 saturated carbocycles. The Morgan fingerprint density at radius 1 is 1.28 bits per heavy atom. The van der Waals surface area contributed by atoms with E-state index in [-0.39, 0.29) is 18.0 Å². The molecule has 0 aromatic carbocycles. The van der Waals surface area contributed by atoms with Gasteiger partial charge in [0.15, 0.2) is 5.82 Å². The number of rotatable bonds is 3. The number of hydrogen-bond acceptors (Lipinski definition) is 5. The molecule has 2 saturated heterocycles. The summed E-state index contributed by atoms with van der Waals surface area (Å²) >= 11 is 0. The first-order valence-corrected chi connectivity index (χ1v) is 11.5. The second-order valence-electron chi connectivity index (χ2n) is 9.53. The Bertz CT molecular complexity index is 1020. The van der Waals surface area contributed by atoms with Crippen molar-refractivity contribution in [2.45, 2.75) is 64.2 Å². The van der Waals surface area contributed by atoms with Crippen molar-refractivity contribution in [1.29, 1.82) is 0 Å². The van der Waals surface area contributed by atoms with Crippen molar-refractivity contribution in [3.63, 3.8) is 0 Å². The van der Waals surface area contributed by atoms with E-state index in [0.29, 0.717) is 24.1 Å². The molecule has 9 heteroatoms. The zero-order valence-electron chi connectivity index (χ0n) is 19.0. The fourth-order valence-corrected chi connectivity index (χ4v) is 5.42. The molecule has 0 spiro atoms. The number of piperazine rings is 1. The second kappa shape index (κ2) is 7.88. The smallest absolute Gasteiger partial charge is 0.319 e. The van der Waals surface area contributed by atoms with Crippen LogP contribution in [0.2, 0.25) is 0 Å². The fraction of sp³-hybridized carbons (Fsp3) is 0.565. The third-order valence-electron chi connectivity index (χ3n) is 7.34. The minimum absolute atomic E-state index is 0.0694. The zero-order valence-corrected chi connectivity index (χ0v) is 19.0. The number of aromatic amines is 1. The summed E-state index contributed by atoms with van der Waals surface area (Å²) in [4.78, 5) is 37.0. The first-order chi connectivity index (χ1) is 15.4. The van der Waals surface area contributed by atoms with Gasteiger partial charge in [0.05, 0.1) is 17.8 Å². The number of anilines is 1. The summed E-state index contributed by atoms with van der Waals surface area (Å²) in [6.07, 6.45) is 4.91. The Morgan fingerprint density at radius 2 is 2.12 bits per heavy atom. The number of fused-ring (bicyclic) bond motifs is 2. The SMILES string of the molecule is CC[C@H]1CN2CCC[C@@H]2CN1C(=O)N1Cc2c(NC(=O)c3ccccn3)n[nH]c2C1(C)C. The van der Waals surface area contributed by atoms with Gasteiger partial charge in [0.2, 0.25) is 0 Å². The summed E-state index contributed by atoms with van der Waals surface area (Å²) in [6, 6.07) is 5.97. The molecule has 0 bridgehead atoms. The summed E-state index contributed by atoms with van der Waals surface area (Å²) < 4.78 is 0. The minimum atomic E-state index is -0.543. The number of aromatic nitrogens is 3. The summed E-state index contributed by atoms with van der Waals surface area (Å²) in [5.74, 6) is 0.151. The van der Waals surface area contributed by atoms with E-state index in [9.17, 15) is 9.59 Å². The number of urea groups is 1. The van der Waals surface area contributed by atoms with Crippen molar-refractivity contribution >= 4 is 17.8 Å². The number of carbonyl (C=O) groups is 2. The van der Waals surface area contributed by atoms with Gasteiger partial charge in [-0.1, -0.05) is 13.0 Å². The number of carbonyl (C=O) groups excluding carboxylic acids is 2. The maximum atomic E-state index is 13.8. The predicted molar refractivity (Wildman–Crippen MR) is 120 cm³/mol. The van der Waals surface area contributed by atoms with Gasteiger partial charge in [0.25, 0.3) is 5.91 Å². The Hall–Kier alpha value is -2.94. The molecule has 2 atom stereocenters. The van der Waals surface area contributed by atoms with Crippen LogP contribution in [0.5, 0.6) is 0 Å². The molecule has 0 unspecified atom stereocenters. The number of nitrogens with one attached hydrogen (secondary N) is 2. The molecule has 2 aromatic heterocycles. The Balaban J connectivity index is 1.36. The molecule has 2 fully saturated rings. The van der Waals surface area contributed by atoms with Crippen LogP contribution < -0.4 is 5.32 Å². The van der Waals surface area contributed by atoms with E-state index in [1.165, 1.54) is 6.42 Å². The highest BCUT2D eigenvalue weighted by molar-refractivity contribution is 6.02. The van der Waals surface area contributed by atoms with Gasteiger partial charge in [-0.05, 0) is 51.8 Å². The van der Waals surface area contributed by atoms with Crippen LogP contribution in [0.3, 0.4) is 0 Å². The fourth-order valence-electron chi connectivity index (χ4n) is 5.42. The summed E-state index contributed by atoms with van der Waals surface area (Å²) in [7, 11) is 0. The van der Waals surface area contributed by atoms with Gasteiger partial charge in [-0.15, -0.1) is 0 Å². The molecular weight excluding hydrogens is 406 g/mol. The van der Waals surface area contributed by atoms with Gasteiger partial charge in [0.1, 0.15) is 5.69 Å². The molecule has 170 valence electrons. The van der Waals surface area contributed by atoms with Crippen LogP contribution in [-0.4, -0.2) is 73.5 Å². The zero-order chi connectivity index (χ0) is 22.5. The molecule has 0 radical (unpaired) electrons. The summed E-state index contributed by atoms with van der Waals surface area (Å²) in [6.45, 7) is 9.54. The van der Waals surface area contributed by atoms with Gasteiger partial charge in [-0.25, -0.2) is 4.79 Å². The molecule has 5 heterocycles. The molecule has 5 rings (SSSR count). The van der Waals surface area contributed by atoms with Crippen LogP contribution in [0.1, 0.15) is 61.8 Å². The standard InChI is InChI=1S/C23H31N7O2/c1-4-15-12-28-11-7-8-16(28)13-29(15)22(32)30-14-17-19(23(30,2)3)26-27-20(17)25-21(31)18-9-5-6-10-24-18/h5-6,9-10,15-16H,4,7-8,11-14H2,1-3H3,(H2,25,26,27,31)/t15-,16+/m0/s1. The molecule has 2 N–H and O–H groups in total. The molecule has 3 aliphatic heterocycles. The van der Waals surface area contributed by atoms with Crippen molar-refractivity contribution < 1.29 is 9.59 Å². The van der Waals surface area contributed by atoms with Crippen LogP contribution >= 0.6 is 0 Å². The maximum Gasteiger partial charge on any atom is 0.321 e. The monoisotopic (exact) mass is 437 g/mol. The van der Waals surface area contributed by atoms with Gasteiger partial charge in [-0.3, -0.25) is 19.8 Å². The highest BCUT2D eigenvalue weighted by atomic mass is 16.2. The molecule has 3 amide bonds. The molecule has 32 heavy (non-hydrogen) atoms. The third-order valence-corrected chi connectivity index (χ3v) is 7.34. The van der Waals surface area contributed by atoms with Crippen LogP contribution in [0.4, 0.5) is 10.6 Å². The van der Waals surface area contributed by atoms with Crippen LogP contribution in [-0.2, 0) is 12.1 Å². The Labute approximate surface area is 188 Å². The third kappa shape index (κ3) is 3.35. The van der Waals surface area contributed by atoms with E-state index in [1.54, 1.807) is 24.4 Å². The van der Waals surface area contributed by atoms with Crippen LogP contribution in [0.25, 0.3) is 0 Å². The lowest BCUT2D eigenvalue weighted by Gasteiger charge is -2.46. The van der Waals surface area contributed by atoms with E-state index in [2.05, 4.69) is 37.2 Å². The first kappa shape index (κ1) is 20.9. The van der Waals surface area contributed by atoms with Crippen LogP contribution in [0, 0.1) is 0 Å². The van der Waals surface area contributed by atoms with Crippen molar-refractivity contribution in [2.24, 2.45) is 0 Å². The normalized spacial score (nSPS) is 24.3. The van der Waals surface area contributed by atoms with E-state index in [4.69, 9.17) is 0 Å². The summed E-state index contributed by atoms with van der Waals surface area (Å²) in [5.41, 5.74) is 1.52. The quantitative estimate of drug-likeness (QED) is 0.770. The lowest BCUT2D eigenvalue weighted by molar-refractivity contribution is 0.0388. The molecule has 2 aromatic rings. The van der Waals surface area contributed by atoms with Crippen molar-refractivity contribution in [3.05, 3.63) is 41.3 Å². The maximum absolute atomic E-state index is 13.8. The highest BCUT2D eigenvalue weighted by Crippen LogP contribution is 2.42. The summed E-state index contributed by atoms with van der Waals surface area (Å²) in [5, 5.41) is 10.3. The van der Waals surface area contributed by atoms with Crippen LogP contribution in [0.15, 0.2) is 24.4 Å². The van der Waals surface area contributed by atoms with Crippen molar-refractivity contribution in [2.75, 3.05) is 25.0 Å². The van der Waals surface area contributed by atoms with Crippen molar-refractivity contribution in [3.8, 4) is 0 Å². The van der Waals surface area contributed by atoms with E-state index >= 15 is 0 Å². The largest absolute Gasteiger partial charge is 0.321 e. The molecule has 0 aliphatic carbocycles. The highest BCUT2D eigenvalue weighted by Gasteiger charge is 2.47. The molecule has 3 aliphatic rings. The second-order valence-corrected chi connectivity index (χ2v) is 9.53. The number of nitrogens with zero attached hydrogens (tertiary/aromatic N) is 5. The topological polar surface area (TPSA) is 97.5 Å². The number of H-pyrrole nitrogens is 1. The van der Waals surface area contributed by atoms with Gasteiger partial charge in [-0.2, -0.15) is 5.10 Å².